The molecule has 1 heterocycles. The SMILES string of the molecule is Cc1noc(=O)c2ccc(NC(=O)C(O)(CC(C)(C)c3ccc(Cl)cc3F)C(F)(F)F)cc12. The highest BCUT2D eigenvalue weighted by Crippen LogP contribution is 2.42. The highest BCUT2D eigenvalue weighted by atomic mass is 35.5. The van der Waals surface area contributed by atoms with Crippen molar-refractivity contribution in [2.75, 3.05) is 5.32 Å². The number of aryl methyl sites for hydroxylation is 1. The maximum absolute atomic E-state index is 14.4. The zero-order valence-electron chi connectivity index (χ0n) is 17.7. The Kier molecular flexibility index (Phi) is 6.29. The van der Waals surface area contributed by atoms with Crippen LogP contribution in [-0.4, -0.2) is 27.9 Å². The number of anilines is 1. The average Bonchev–Trinajstić information content (AvgIpc) is 2.69. The first kappa shape index (κ1) is 24.7. The molecule has 0 aliphatic heterocycles. The lowest BCUT2D eigenvalue weighted by molar-refractivity contribution is -0.254. The minimum atomic E-state index is -5.38. The van der Waals surface area contributed by atoms with Crippen LogP contribution in [0, 0.1) is 12.7 Å². The summed E-state index contributed by atoms with van der Waals surface area (Å²) in [6, 6.07) is 7.14. The van der Waals surface area contributed by atoms with Gasteiger partial charge in [0.05, 0.1) is 11.1 Å². The topological polar surface area (TPSA) is 92.4 Å². The number of carbonyl (C=O) groups is 1. The minimum absolute atomic E-state index is 0.0472. The van der Waals surface area contributed by atoms with E-state index in [0.717, 1.165) is 6.07 Å². The molecule has 0 aliphatic rings. The van der Waals surface area contributed by atoms with Gasteiger partial charge in [0.2, 0.25) is 5.60 Å². The molecule has 3 aromatic rings. The summed E-state index contributed by atoms with van der Waals surface area (Å²) < 4.78 is 60.8. The van der Waals surface area contributed by atoms with Gasteiger partial charge in [-0.25, -0.2) is 9.18 Å². The van der Waals surface area contributed by atoms with Crippen molar-refractivity contribution >= 4 is 34.0 Å². The first-order valence-electron chi connectivity index (χ1n) is 9.62. The molecule has 2 N–H and O–H groups in total. The number of aromatic nitrogens is 1. The number of rotatable bonds is 5. The summed E-state index contributed by atoms with van der Waals surface area (Å²) in [6.07, 6.45) is -6.56. The van der Waals surface area contributed by atoms with Gasteiger partial charge >= 0.3 is 11.8 Å². The molecule has 3 rings (SSSR count). The van der Waals surface area contributed by atoms with Gasteiger partial charge in [-0.15, -0.1) is 0 Å². The summed E-state index contributed by atoms with van der Waals surface area (Å²) in [7, 11) is 0. The van der Waals surface area contributed by atoms with Gasteiger partial charge in [0.1, 0.15) is 5.82 Å². The molecule has 0 aliphatic carbocycles. The molecule has 1 amide bonds. The maximum Gasteiger partial charge on any atom is 0.426 e. The largest absolute Gasteiger partial charge is 0.426 e. The number of hydrogen-bond acceptors (Lipinski definition) is 5. The van der Waals surface area contributed by atoms with Crippen molar-refractivity contribution in [1.82, 2.24) is 5.16 Å². The monoisotopic (exact) mass is 486 g/mol. The summed E-state index contributed by atoms with van der Waals surface area (Å²) in [5.41, 5.74) is -6.22. The van der Waals surface area contributed by atoms with E-state index >= 15 is 0 Å². The van der Waals surface area contributed by atoms with Crippen LogP contribution in [-0.2, 0) is 10.2 Å². The Hall–Kier alpha value is -2.98. The van der Waals surface area contributed by atoms with Gasteiger partial charge in [-0.3, -0.25) is 4.79 Å². The first-order valence-corrected chi connectivity index (χ1v) is 10.00. The Morgan fingerprint density at radius 1 is 1.15 bits per heavy atom. The van der Waals surface area contributed by atoms with Gasteiger partial charge in [0.25, 0.3) is 5.91 Å². The van der Waals surface area contributed by atoms with Gasteiger partial charge in [0, 0.05) is 22.5 Å². The molecular formula is C22H19ClF4N2O4. The van der Waals surface area contributed by atoms with Crippen LogP contribution < -0.4 is 10.9 Å². The van der Waals surface area contributed by atoms with E-state index in [1.54, 1.807) is 0 Å². The Morgan fingerprint density at radius 2 is 1.82 bits per heavy atom. The number of nitrogens with zero attached hydrogens (tertiary/aromatic N) is 1. The van der Waals surface area contributed by atoms with Crippen molar-refractivity contribution in [3.8, 4) is 0 Å². The highest BCUT2D eigenvalue weighted by Gasteiger charge is 2.61. The van der Waals surface area contributed by atoms with E-state index in [2.05, 4.69) is 9.68 Å². The van der Waals surface area contributed by atoms with Crippen LogP contribution in [0.3, 0.4) is 0 Å². The number of hydrogen-bond donors (Lipinski definition) is 2. The third-order valence-electron chi connectivity index (χ3n) is 5.36. The molecule has 1 atom stereocenters. The lowest BCUT2D eigenvalue weighted by Crippen LogP contribution is -2.57. The van der Waals surface area contributed by atoms with E-state index in [-0.39, 0.29) is 32.7 Å². The standard InChI is InChI=1S/C22H19ClF4N2O4/c1-11-15-9-13(5-6-14(15)18(30)33-29-11)28-19(31)21(32,22(25,26)27)10-20(2,3)16-7-4-12(23)8-17(16)24/h4-9,32H,10H2,1-3H3,(H,28,31). The number of nitrogens with one attached hydrogen (secondary N) is 1. The second kappa shape index (κ2) is 8.42. The summed E-state index contributed by atoms with van der Waals surface area (Å²) in [5.74, 6) is -2.63. The maximum atomic E-state index is 14.4. The Bertz CT molecular complexity index is 1290. The van der Waals surface area contributed by atoms with Crippen molar-refractivity contribution in [3.63, 3.8) is 0 Å². The number of carbonyl (C=O) groups excluding carboxylic acids is 1. The third kappa shape index (κ3) is 4.72. The number of fused-ring (bicyclic) bond motifs is 1. The third-order valence-corrected chi connectivity index (χ3v) is 5.59. The second-order valence-corrected chi connectivity index (χ2v) is 8.75. The quantitative estimate of drug-likeness (QED) is 0.501. The predicted octanol–water partition coefficient (Wildman–Crippen LogP) is 4.89. The molecule has 1 unspecified atom stereocenters. The van der Waals surface area contributed by atoms with Gasteiger partial charge in [-0.2, -0.15) is 13.2 Å². The molecule has 11 heteroatoms. The van der Waals surface area contributed by atoms with Gasteiger partial charge in [0.15, 0.2) is 0 Å². The molecule has 0 spiro atoms. The predicted molar refractivity (Wildman–Crippen MR) is 114 cm³/mol. The fourth-order valence-corrected chi connectivity index (χ4v) is 3.78. The molecule has 0 saturated heterocycles. The Balaban J connectivity index is 1.98. The number of aliphatic hydroxyl groups is 1. The van der Waals surface area contributed by atoms with E-state index in [1.807, 2.05) is 5.32 Å². The normalized spacial score (nSPS) is 14.2. The number of benzene rings is 2. The van der Waals surface area contributed by atoms with Crippen LogP contribution in [0.5, 0.6) is 0 Å². The fraction of sp³-hybridized carbons (Fsp3) is 0.318. The molecule has 2 aromatic carbocycles. The molecule has 0 fully saturated rings. The lowest BCUT2D eigenvalue weighted by Gasteiger charge is -2.36. The minimum Gasteiger partial charge on any atom is -0.373 e. The van der Waals surface area contributed by atoms with Crippen LogP contribution in [0.2, 0.25) is 5.02 Å². The van der Waals surface area contributed by atoms with Crippen molar-refractivity contribution in [2.45, 2.75) is 44.4 Å². The summed E-state index contributed by atoms with van der Waals surface area (Å²) >= 11 is 5.71. The molecular weight excluding hydrogens is 468 g/mol. The molecule has 0 bridgehead atoms. The molecule has 1 aromatic heterocycles. The van der Waals surface area contributed by atoms with Gasteiger partial charge in [-0.05, 0) is 48.2 Å². The van der Waals surface area contributed by atoms with Crippen molar-refractivity contribution in [1.29, 1.82) is 0 Å². The number of amides is 1. The van der Waals surface area contributed by atoms with Crippen molar-refractivity contribution in [3.05, 3.63) is 68.9 Å². The highest BCUT2D eigenvalue weighted by molar-refractivity contribution is 6.30. The van der Waals surface area contributed by atoms with Crippen LogP contribution in [0.25, 0.3) is 10.8 Å². The van der Waals surface area contributed by atoms with Crippen molar-refractivity contribution < 1.29 is 32.0 Å². The molecule has 176 valence electrons. The smallest absolute Gasteiger partial charge is 0.373 e. The van der Waals surface area contributed by atoms with E-state index in [4.69, 9.17) is 11.6 Å². The zero-order valence-corrected chi connectivity index (χ0v) is 18.4. The lowest BCUT2D eigenvalue weighted by atomic mass is 9.74. The molecule has 0 radical (unpaired) electrons. The van der Waals surface area contributed by atoms with Crippen LogP contribution in [0.1, 0.15) is 31.5 Å². The number of halogens is 5. The molecule has 33 heavy (non-hydrogen) atoms. The number of alkyl halides is 3. The van der Waals surface area contributed by atoms with E-state index < -0.39 is 41.0 Å². The van der Waals surface area contributed by atoms with Crippen LogP contribution >= 0.6 is 11.6 Å². The van der Waals surface area contributed by atoms with Crippen molar-refractivity contribution in [2.24, 2.45) is 0 Å². The summed E-state index contributed by atoms with van der Waals surface area (Å²) in [5, 5.41) is 16.6. The van der Waals surface area contributed by atoms with E-state index in [9.17, 15) is 32.3 Å². The van der Waals surface area contributed by atoms with Gasteiger partial charge < -0.3 is 14.9 Å². The van der Waals surface area contributed by atoms with Gasteiger partial charge in [-0.1, -0.05) is 36.7 Å². The average molecular weight is 487 g/mol. The molecule has 6 nitrogen and oxygen atoms in total. The molecule has 0 saturated carbocycles. The Labute approximate surface area is 190 Å². The summed E-state index contributed by atoms with van der Waals surface area (Å²) in [6.45, 7) is 4.05. The Morgan fingerprint density at radius 3 is 2.42 bits per heavy atom. The van der Waals surface area contributed by atoms with E-state index in [0.29, 0.717) is 0 Å². The van der Waals surface area contributed by atoms with E-state index in [1.165, 1.54) is 51.1 Å². The first-order chi connectivity index (χ1) is 15.2. The fourth-order valence-electron chi connectivity index (χ4n) is 3.62. The second-order valence-electron chi connectivity index (χ2n) is 8.31. The van der Waals surface area contributed by atoms with Crippen LogP contribution in [0.4, 0.5) is 23.2 Å². The summed E-state index contributed by atoms with van der Waals surface area (Å²) in [4.78, 5) is 24.5. The zero-order chi connectivity index (χ0) is 24.8. The van der Waals surface area contributed by atoms with Crippen LogP contribution in [0.15, 0.2) is 45.7 Å².